The Hall–Kier alpha value is -1.89. The second-order valence-electron chi connectivity index (χ2n) is 2.60. The Morgan fingerprint density at radius 2 is 2.36 bits per heavy atom. The highest BCUT2D eigenvalue weighted by Crippen LogP contribution is 2.08. The lowest BCUT2D eigenvalue weighted by molar-refractivity contribution is -0.114. The maximum atomic E-state index is 10.9. The number of amides is 1. The molecule has 1 aromatic heterocycles. The molecule has 0 unspecified atom stereocenters. The zero-order chi connectivity index (χ0) is 10.7. The fraction of sp³-hybridized carbons (Fsp3) is 0.286. The summed E-state index contributed by atoms with van der Waals surface area (Å²) in [6, 6.07) is 1.26. The number of aryl methyl sites for hydroxylation is 1. The molecule has 0 saturated heterocycles. The zero-order valence-corrected chi connectivity index (χ0v) is 7.52. The standard InChI is InChI=1S/C7H10N4O3/c1-11-5(9-6(12)3-8)2-4(10-11)7(13)14/h2H,3,8H2,1H3,(H,9,12)(H,13,14). The molecule has 4 N–H and O–H groups in total. The third-order valence-electron chi connectivity index (χ3n) is 1.55. The van der Waals surface area contributed by atoms with E-state index in [1.807, 2.05) is 0 Å². The first kappa shape index (κ1) is 10.2. The van der Waals surface area contributed by atoms with Crippen LogP contribution in [0.25, 0.3) is 0 Å². The topological polar surface area (TPSA) is 110 Å². The van der Waals surface area contributed by atoms with Crippen molar-refractivity contribution in [3.63, 3.8) is 0 Å². The summed E-state index contributed by atoms with van der Waals surface area (Å²) in [6.45, 7) is -0.159. The second-order valence-corrected chi connectivity index (χ2v) is 2.60. The van der Waals surface area contributed by atoms with E-state index in [1.54, 1.807) is 0 Å². The van der Waals surface area contributed by atoms with E-state index in [1.165, 1.54) is 17.8 Å². The van der Waals surface area contributed by atoms with Crippen LogP contribution in [0.1, 0.15) is 10.5 Å². The maximum absolute atomic E-state index is 10.9. The number of rotatable bonds is 3. The number of nitrogens with zero attached hydrogens (tertiary/aromatic N) is 2. The SMILES string of the molecule is Cn1nc(C(=O)O)cc1NC(=O)CN. The summed E-state index contributed by atoms with van der Waals surface area (Å²) in [4.78, 5) is 21.4. The van der Waals surface area contributed by atoms with Crippen LogP contribution in [0.5, 0.6) is 0 Å². The summed E-state index contributed by atoms with van der Waals surface area (Å²) in [5.41, 5.74) is 4.95. The Bertz CT molecular complexity index is 371. The van der Waals surface area contributed by atoms with Gasteiger partial charge in [0.05, 0.1) is 6.54 Å². The highest BCUT2D eigenvalue weighted by atomic mass is 16.4. The van der Waals surface area contributed by atoms with Gasteiger partial charge in [0.15, 0.2) is 5.69 Å². The predicted molar refractivity (Wildman–Crippen MR) is 47.9 cm³/mol. The number of hydrogen-bond acceptors (Lipinski definition) is 4. The smallest absolute Gasteiger partial charge is 0.356 e. The summed E-state index contributed by atoms with van der Waals surface area (Å²) < 4.78 is 1.26. The fourth-order valence-electron chi connectivity index (χ4n) is 0.883. The van der Waals surface area contributed by atoms with E-state index in [2.05, 4.69) is 10.4 Å². The minimum atomic E-state index is -1.14. The van der Waals surface area contributed by atoms with E-state index in [4.69, 9.17) is 10.8 Å². The van der Waals surface area contributed by atoms with Crippen LogP contribution in [0.3, 0.4) is 0 Å². The molecule has 0 spiro atoms. The number of anilines is 1. The molecule has 0 fully saturated rings. The molecule has 1 aromatic rings. The van der Waals surface area contributed by atoms with Crippen molar-refractivity contribution in [2.45, 2.75) is 0 Å². The van der Waals surface area contributed by atoms with Crippen LogP contribution < -0.4 is 11.1 Å². The third kappa shape index (κ3) is 2.07. The van der Waals surface area contributed by atoms with E-state index in [9.17, 15) is 9.59 Å². The van der Waals surface area contributed by atoms with Crippen LogP contribution in [0.15, 0.2) is 6.07 Å². The minimum Gasteiger partial charge on any atom is -0.476 e. The van der Waals surface area contributed by atoms with Crippen LogP contribution in [0, 0.1) is 0 Å². The van der Waals surface area contributed by atoms with Crippen molar-refractivity contribution >= 4 is 17.7 Å². The Kier molecular flexibility index (Phi) is 2.82. The van der Waals surface area contributed by atoms with Crippen LogP contribution in [-0.2, 0) is 11.8 Å². The van der Waals surface area contributed by atoms with Gasteiger partial charge in [-0.3, -0.25) is 9.48 Å². The normalized spacial score (nSPS) is 9.86. The van der Waals surface area contributed by atoms with Crippen molar-refractivity contribution in [1.82, 2.24) is 9.78 Å². The van der Waals surface area contributed by atoms with Crippen LogP contribution in [-0.4, -0.2) is 33.3 Å². The number of carboxylic acids is 1. The molecule has 14 heavy (non-hydrogen) atoms. The van der Waals surface area contributed by atoms with Crippen molar-refractivity contribution in [3.05, 3.63) is 11.8 Å². The minimum absolute atomic E-state index is 0.125. The number of nitrogens with one attached hydrogen (secondary N) is 1. The number of carboxylic acid groups (broad SMARTS) is 1. The van der Waals surface area contributed by atoms with Crippen molar-refractivity contribution in [2.24, 2.45) is 12.8 Å². The molecule has 0 aliphatic heterocycles. The van der Waals surface area contributed by atoms with Crippen molar-refractivity contribution in [1.29, 1.82) is 0 Å². The lowest BCUT2D eigenvalue weighted by Gasteiger charge is -2.01. The summed E-state index contributed by atoms with van der Waals surface area (Å²) in [5.74, 6) is -1.24. The highest BCUT2D eigenvalue weighted by molar-refractivity contribution is 5.93. The highest BCUT2D eigenvalue weighted by Gasteiger charge is 2.12. The van der Waals surface area contributed by atoms with Gasteiger partial charge in [-0.25, -0.2) is 4.79 Å². The molecule has 0 aliphatic carbocycles. The average Bonchev–Trinajstić information content (AvgIpc) is 2.48. The number of aromatic nitrogens is 2. The summed E-state index contributed by atoms with van der Waals surface area (Å²) in [6.07, 6.45) is 0. The van der Waals surface area contributed by atoms with Crippen LogP contribution in [0.4, 0.5) is 5.82 Å². The Morgan fingerprint density at radius 1 is 1.71 bits per heavy atom. The second kappa shape index (κ2) is 3.88. The number of aromatic carboxylic acids is 1. The Morgan fingerprint density at radius 3 is 2.79 bits per heavy atom. The largest absolute Gasteiger partial charge is 0.476 e. The lowest BCUT2D eigenvalue weighted by Crippen LogP contribution is -2.23. The van der Waals surface area contributed by atoms with Gasteiger partial charge < -0.3 is 16.2 Å². The van der Waals surface area contributed by atoms with Gasteiger partial charge in [-0.2, -0.15) is 5.10 Å². The zero-order valence-electron chi connectivity index (χ0n) is 7.52. The van der Waals surface area contributed by atoms with Gasteiger partial charge in [-0.15, -0.1) is 0 Å². The third-order valence-corrected chi connectivity index (χ3v) is 1.55. The molecule has 76 valence electrons. The first-order valence-corrected chi connectivity index (χ1v) is 3.82. The van der Waals surface area contributed by atoms with Gasteiger partial charge in [0.2, 0.25) is 5.91 Å². The molecule has 0 bridgehead atoms. The van der Waals surface area contributed by atoms with Gasteiger partial charge in [-0.1, -0.05) is 0 Å². The van der Waals surface area contributed by atoms with E-state index in [0.717, 1.165) is 0 Å². The molecule has 0 aromatic carbocycles. The summed E-state index contributed by atoms with van der Waals surface area (Å²) in [5, 5.41) is 14.7. The first-order valence-electron chi connectivity index (χ1n) is 3.82. The lowest BCUT2D eigenvalue weighted by atomic mass is 10.4. The summed E-state index contributed by atoms with van der Waals surface area (Å²) in [7, 11) is 1.53. The average molecular weight is 198 g/mol. The molecule has 0 atom stereocenters. The molecule has 7 nitrogen and oxygen atoms in total. The van der Waals surface area contributed by atoms with E-state index < -0.39 is 11.9 Å². The predicted octanol–water partition coefficient (Wildman–Crippen LogP) is -0.984. The van der Waals surface area contributed by atoms with E-state index in [-0.39, 0.29) is 12.2 Å². The van der Waals surface area contributed by atoms with Gasteiger partial charge >= 0.3 is 5.97 Å². The van der Waals surface area contributed by atoms with Gasteiger partial charge in [0, 0.05) is 13.1 Å². The van der Waals surface area contributed by atoms with E-state index in [0.29, 0.717) is 5.82 Å². The molecule has 7 heteroatoms. The molecule has 1 amide bonds. The molecule has 1 heterocycles. The maximum Gasteiger partial charge on any atom is 0.356 e. The van der Waals surface area contributed by atoms with E-state index >= 15 is 0 Å². The monoisotopic (exact) mass is 198 g/mol. The summed E-state index contributed by atoms with van der Waals surface area (Å²) >= 11 is 0. The Balaban J connectivity index is 2.88. The van der Waals surface area contributed by atoms with Gasteiger partial charge in [0.25, 0.3) is 0 Å². The number of carbonyl (C=O) groups is 2. The number of carbonyl (C=O) groups excluding carboxylic acids is 1. The number of hydrogen-bond donors (Lipinski definition) is 3. The molecular formula is C7H10N4O3. The fourth-order valence-corrected chi connectivity index (χ4v) is 0.883. The molecule has 0 aliphatic rings. The molecular weight excluding hydrogens is 188 g/mol. The van der Waals surface area contributed by atoms with Crippen LogP contribution >= 0.6 is 0 Å². The Labute approximate surface area is 79.5 Å². The van der Waals surface area contributed by atoms with Gasteiger partial charge in [-0.05, 0) is 0 Å². The molecule has 0 radical (unpaired) electrons. The van der Waals surface area contributed by atoms with Crippen LogP contribution in [0.2, 0.25) is 0 Å². The van der Waals surface area contributed by atoms with Gasteiger partial charge in [0.1, 0.15) is 5.82 Å². The number of nitrogens with two attached hydrogens (primary N) is 1. The molecule has 1 rings (SSSR count). The quantitative estimate of drug-likeness (QED) is 0.577. The first-order chi connectivity index (χ1) is 6.54. The van der Waals surface area contributed by atoms with Crippen molar-refractivity contribution in [2.75, 3.05) is 11.9 Å². The van der Waals surface area contributed by atoms with Crippen molar-refractivity contribution in [3.8, 4) is 0 Å². The van der Waals surface area contributed by atoms with Crippen molar-refractivity contribution < 1.29 is 14.7 Å². The molecule has 0 saturated carbocycles.